The zero-order chi connectivity index (χ0) is 18.2. The molecule has 2 heterocycles. The number of nitrogens with one attached hydrogen (secondary N) is 1. The molecule has 6 heteroatoms. The molecule has 0 aliphatic carbocycles. The molecule has 2 aromatic rings. The van der Waals surface area contributed by atoms with E-state index in [1.54, 1.807) is 24.3 Å². The molecule has 134 valence electrons. The highest BCUT2D eigenvalue weighted by Crippen LogP contribution is 2.15. The van der Waals surface area contributed by atoms with Crippen LogP contribution in [0.2, 0.25) is 0 Å². The van der Waals surface area contributed by atoms with Gasteiger partial charge in [-0.05, 0) is 43.0 Å². The molecule has 0 spiro atoms. The van der Waals surface area contributed by atoms with E-state index < -0.39 is 0 Å². The number of nitrogens with zero attached hydrogens (tertiary/aromatic N) is 4. The summed E-state index contributed by atoms with van der Waals surface area (Å²) >= 11 is 0. The SMILES string of the molecule is N#Cc1cccc(/C=C/C(=O)NCCCc2nnc3n2CCCCC3)c1. The van der Waals surface area contributed by atoms with Crippen LogP contribution in [0, 0.1) is 11.3 Å². The van der Waals surface area contributed by atoms with Gasteiger partial charge in [-0.3, -0.25) is 4.79 Å². The summed E-state index contributed by atoms with van der Waals surface area (Å²) in [4.78, 5) is 11.9. The predicted octanol–water partition coefficient (Wildman–Crippen LogP) is 2.64. The minimum Gasteiger partial charge on any atom is -0.353 e. The number of carbonyl (C=O) groups is 1. The molecule has 1 amide bonds. The van der Waals surface area contributed by atoms with Gasteiger partial charge in [0.2, 0.25) is 5.91 Å². The number of hydrogen-bond donors (Lipinski definition) is 1. The molecule has 0 atom stereocenters. The van der Waals surface area contributed by atoms with Crippen LogP contribution >= 0.6 is 0 Å². The summed E-state index contributed by atoms with van der Waals surface area (Å²) in [5, 5.41) is 20.4. The van der Waals surface area contributed by atoms with Gasteiger partial charge in [0.25, 0.3) is 0 Å². The summed E-state index contributed by atoms with van der Waals surface area (Å²) in [5.41, 5.74) is 1.42. The van der Waals surface area contributed by atoms with Crippen LogP contribution in [0.5, 0.6) is 0 Å². The molecule has 6 nitrogen and oxygen atoms in total. The Hall–Kier alpha value is -2.94. The van der Waals surface area contributed by atoms with Gasteiger partial charge in [-0.25, -0.2) is 0 Å². The highest BCUT2D eigenvalue weighted by atomic mass is 16.1. The molecular weight excluding hydrogens is 326 g/mol. The number of fused-ring (bicyclic) bond motifs is 1. The Bertz CT molecular complexity index is 831. The van der Waals surface area contributed by atoms with Crippen molar-refractivity contribution in [2.75, 3.05) is 6.54 Å². The Morgan fingerprint density at radius 3 is 3.12 bits per heavy atom. The number of benzene rings is 1. The van der Waals surface area contributed by atoms with Gasteiger partial charge in [-0.2, -0.15) is 5.26 Å². The lowest BCUT2D eigenvalue weighted by Crippen LogP contribution is -2.22. The third-order valence-corrected chi connectivity index (χ3v) is 4.51. The van der Waals surface area contributed by atoms with Gasteiger partial charge in [0.1, 0.15) is 11.6 Å². The largest absolute Gasteiger partial charge is 0.353 e. The molecular formula is C20H23N5O. The first-order chi connectivity index (χ1) is 12.8. The predicted molar refractivity (Wildman–Crippen MR) is 99.1 cm³/mol. The van der Waals surface area contributed by atoms with Crippen LogP contribution in [0.25, 0.3) is 6.08 Å². The number of amides is 1. The Morgan fingerprint density at radius 2 is 2.23 bits per heavy atom. The van der Waals surface area contributed by atoms with Gasteiger partial charge < -0.3 is 9.88 Å². The van der Waals surface area contributed by atoms with Crippen molar-refractivity contribution >= 4 is 12.0 Å². The van der Waals surface area contributed by atoms with E-state index in [-0.39, 0.29) is 5.91 Å². The molecule has 0 fully saturated rings. The van der Waals surface area contributed by atoms with Crippen molar-refractivity contribution in [2.45, 2.75) is 45.1 Å². The second kappa shape index (κ2) is 8.95. The molecule has 26 heavy (non-hydrogen) atoms. The molecule has 0 unspecified atom stereocenters. The standard InChI is InChI=1S/C20H23N5O/c21-15-17-7-4-6-16(14-17)10-11-20(26)22-12-5-9-19-24-23-18-8-2-1-3-13-25(18)19/h4,6-7,10-11,14H,1-3,5,8-9,12-13H2,(H,22,26)/b11-10+. The first-order valence-electron chi connectivity index (χ1n) is 9.13. The number of rotatable bonds is 6. The average molecular weight is 349 g/mol. The lowest BCUT2D eigenvalue weighted by molar-refractivity contribution is -0.116. The minimum absolute atomic E-state index is 0.132. The minimum atomic E-state index is -0.132. The fraction of sp³-hybridized carbons (Fsp3) is 0.400. The van der Waals surface area contributed by atoms with Crippen molar-refractivity contribution in [3.63, 3.8) is 0 Å². The molecule has 1 aliphatic rings. The number of aryl methyl sites for hydroxylation is 2. The average Bonchev–Trinajstić information content (AvgIpc) is 2.89. The number of carbonyl (C=O) groups excluding carboxylic acids is 1. The normalized spacial score (nSPS) is 13.8. The summed E-state index contributed by atoms with van der Waals surface area (Å²) in [5.74, 6) is 2.00. The van der Waals surface area contributed by atoms with Gasteiger partial charge in [0.15, 0.2) is 0 Å². The number of aromatic nitrogens is 3. The summed E-state index contributed by atoms with van der Waals surface area (Å²) < 4.78 is 2.25. The van der Waals surface area contributed by atoms with Crippen LogP contribution in [0.15, 0.2) is 30.3 Å². The van der Waals surface area contributed by atoms with Crippen molar-refractivity contribution < 1.29 is 4.79 Å². The first kappa shape index (κ1) is 17.9. The third-order valence-electron chi connectivity index (χ3n) is 4.51. The molecule has 0 saturated carbocycles. The third kappa shape index (κ3) is 4.79. The Labute approximate surface area is 153 Å². The van der Waals surface area contributed by atoms with Crippen LogP contribution < -0.4 is 5.32 Å². The van der Waals surface area contributed by atoms with E-state index in [1.807, 2.05) is 6.07 Å². The lowest BCUT2D eigenvalue weighted by Gasteiger charge is -2.07. The quantitative estimate of drug-likeness (QED) is 0.642. The maximum absolute atomic E-state index is 11.9. The van der Waals surface area contributed by atoms with Crippen LogP contribution in [0.3, 0.4) is 0 Å². The molecule has 0 radical (unpaired) electrons. The van der Waals surface area contributed by atoms with Gasteiger partial charge in [0, 0.05) is 32.0 Å². The molecule has 1 aliphatic heterocycles. The monoisotopic (exact) mass is 349 g/mol. The summed E-state index contributed by atoms with van der Waals surface area (Å²) in [7, 11) is 0. The van der Waals surface area contributed by atoms with Crippen LogP contribution in [0.1, 0.15) is 48.5 Å². The highest BCUT2D eigenvalue weighted by molar-refractivity contribution is 5.91. The van der Waals surface area contributed by atoms with Crippen LogP contribution in [-0.2, 0) is 24.2 Å². The van der Waals surface area contributed by atoms with Gasteiger partial charge in [-0.15, -0.1) is 10.2 Å². The Balaban J connectivity index is 1.43. The lowest BCUT2D eigenvalue weighted by atomic mass is 10.1. The van der Waals surface area contributed by atoms with Gasteiger partial charge in [0.05, 0.1) is 11.6 Å². The second-order valence-electron chi connectivity index (χ2n) is 6.46. The molecule has 0 saturated heterocycles. The van der Waals surface area contributed by atoms with Crippen molar-refractivity contribution in [1.82, 2.24) is 20.1 Å². The first-order valence-corrected chi connectivity index (χ1v) is 9.13. The van der Waals surface area contributed by atoms with Crippen molar-refractivity contribution in [3.8, 4) is 6.07 Å². The Morgan fingerprint density at radius 1 is 1.31 bits per heavy atom. The van der Waals surface area contributed by atoms with Crippen molar-refractivity contribution in [2.24, 2.45) is 0 Å². The second-order valence-corrected chi connectivity index (χ2v) is 6.46. The maximum atomic E-state index is 11.9. The van der Waals surface area contributed by atoms with E-state index in [0.29, 0.717) is 12.1 Å². The number of hydrogen-bond acceptors (Lipinski definition) is 4. The Kier molecular flexibility index (Phi) is 6.15. The van der Waals surface area contributed by atoms with Gasteiger partial charge >= 0.3 is 0 Å². The zero-order valence-corrected chi connectivity index (χ0v) is 14.8. The van der Waals surface area contributed by atoms with Crippen molar-refractivity contribution in [1.29, 1.82) is 5.26 Å². The molecule has 1 aromatic heterocycles. The molecule has 0 bridgehead atoms. The van der Waals surface area contributed by atoms with E-state index in [1.165, 1.54) is 25.3 Å². The van der Waals surface area contributed by atoms with Crippen LogP contribution in [0.4, 0.5) is 0 Å². The smallest absolute Gasteiger partial charge is 0.243 e. The fourth-order valence-corrected chi connectivity index (χ4v) is 3.13. The van der Waals surface area contributed by atoms with Crippen molar-refractivity contribution in [3.05, 3.63) is 53.1 Å². The van der Waals surface area contributed by atoms with E-state index in [9.17, 15) is 4.79 Å². The summed E-state index contributed by atoms with van der Waals surface area (Å²) in [6.45, 7) is 1.61. The van der Waals surface area contributed by atoms with Crippen LogP contribution in [-0.4, -0.2) is 27.2 Å². The van der Waals surface area contributed by atoms with E-state index in [2.05, 4.69) is 26.2 Å². The maximum Gasteiger partial charge on any atom is 0.243 e. The molecule has 1 N–H and O–H groups in total. The van der Waals surface area contributed by atoms with E-state index >= 15 is 0 Å². The topological polar surface area (TPSA) is 83.6 Å². The fourth-order valence-electron chi connectivity index (χ4n) is 3.13. The highest BCUT2D eigenvalue weighted by Gasteiger charge is 2.14. The zero-order valence-electron chi connectivity index (χ0n) is 14.8. The molecule has 1 aromatic carbocycles. The van der Waals surface area contributed by atoms with E-state index in [0.717, 1.165) is 43.0 Å². The van der Waals surface area contributed by atoms with Gasteiger partial charge in [-0.1, -0.05) is 18.6 Å². The summed E-state index contributed by atoms with van der Waals surface area (Å²) in [6.07, 6.45) is 9.52. The molecule has 3 rings (SSSR count). The summed E-state index contributed by atoms with van der Waals surface area (Å²) in [6, 6.07) is 9.24. The number of nitriles is 1. The van der Waals surface area contributed by atoms with E-state index in [4.69, 9.17) is 5.26 Å².